The van der Waals surface area contributed by atoms with Crippen molar-refractivity contribution in [2.75, 3.05) is 0 Å². The van der Waals surface area contributed by atoms with Crippen LogP contribution in [0.5, 0.6) is 5.75 Å². The van der Waals surface area contributed by atoms with Crippen LogP contribution in [0.2, 0.25) is 0 Å². The molecule has 17 heteroatoms. The molecular formula is C23H18BFN5O9P. The predicted octanol–water partition coefficient (Wildman–Crippen LogP) is -0.401. The molecule has 204 valence electrons. The van der Waals surface area contributed by atoms with Gasteiger partial charge in [0.2, 0.25) is 5.91 Å². The van der Waals surface area contributed by atoms with Gasteiger partial charge < -0.3 is 35.2 Å². The van der Waals surface area contributed by atoms with E-state index >= 15 is 0 Å². The van der Waals surface area contributed by atoms with Gasteiger partial charge in [0.15, 0.2) is 5.69 Å². The molecule has 40 heavy (non-hydrogen) atoms. The Bertz CT molecular complexity index is 1610. The molecule has 0 aliphatic carbocycles. The molecule has 1 aromatic heterocycles. The smallest absolute Gasteiger partial charge is 0.534 e. The number of benzene rings is 2. The fourth-order valence-corrected chi connectivity index (χ4v) is 4.57. The molecule has 0 unspecified atom stereocenters. The van der Waals surface area contributed by atoms with E-state index in [1.165, 1.54) is 18.2 Å². The average Bonchev–Trinajstić information content (AvgIpc) is 2.90. The van der Waals surface area contributed by atoms with E-state index in [0.29, 0.717) is 11.6 Å². The van der Waals surface area contributed by atoms with Crippen molar-refractivity contribution in [3.05, 3.63) is 82.7 Å². The minimum absolute atomic E-state index is 0.0782. The highest BCUT2D eigenvalue weighted by atomic mass is 31.2. The van der Waals surface area contributed by atoms with Crippen LogP contribution in [0.3, 0.4) is 0 Å². The first kappa shape index (κ1) is 28.3. The molecule has 2 atom stereocenters. The number of nitrogens with zero attached hydrogens (tertiary/aromatic N) is 3. The zero-order valence-corrected chi connectivity index (χ0v) is 20.9. The molecule has 6 N–H and O–H groups in total. The van der Waals surface area contributed by atoms with Crippen molar-refractivity contribution < 1.29 is 47.9 Å². The number of carbonyl (C=O) groups is 3. The fourth-order valence-electron chi connectivity index (χ4n) is 3.96. The van der Waals surface area contributed by atoms with Gasteiger partial charge in [0, 0.05) is 0 Å². The molecule has 0 spiro atoms. The number of carboxylic acid groups (broad SMARTS) is 1. The Hall–Kier alpha value is -4.68. The van der Waals surface area contributed by atoms with Gasteiger partial charge in [-0.05, 0) is 35.7 Å². The summed E-state index contributed by atoms with van der Waals surface area (Å²) in [4.78, 5) is 63.9. The van der Waals surface area contributed by atoms with E-state index in [-0.39, 0.29) is 34.7 Å². The maximum Gasteiger partial charge on any atom is 0.547 e. The maximum atomic E-state index is 14.6. The van der Waals surface area contributed by atoms with E-state index in [9.17, 15) is 43.3 Å². The number of nitriles is 1. The number of fused-ring (bicyclic) bond motifs is 1. The van der Waals surface area contributed by atoms with Gasteiger partial charge in [-0.3, -0.25) is 19.1 Å². The Morgan fingerprint density at radius 3 is 2.62 bits per heavy atom. The van der Waals surface area contributed by atoms with Crippen LogP contribution in [-0.2, 0) is 15.8 Å². The first-order chi connectivity index (χ1) is 18.9. The first-order valence-electron chi connectivity index (χ1n) is 11.3. The minimum atomic E-state index is -5.00. The molecule has 0 radical (unpaired) electrons. The standard InChI is InChI=1S/C23H18BFN5O9P/c25-15-6-11(4-5-17(15)40(36,37)38)19(30-21(31)16-10-27-9-13(8-26)28-16)22(32)29-18-7-12-2-1-3-14(23(33)34)20(12)39-24(18)35/h1-6,9-10,18-19,35H,7H2,(H,29,32)(H,30,31)(H,33,34)(H2,36,37,38)/t18-,19+/m0/s1. The van der Waals surface area contributed by atoms with Crippen LogP contribution >= 0.6 is 7.60 Å². The van der Waals surface area contributed by atoms with E-state index in [1.54, 1.807) is 6.07 Å². The zero-order valence-electron chi connectivity index (χ0n) is 20.1. The molecule has 14 nitrogen and oxygen atoms in total. The molecule has 3 aromatic rings. The van der Waals surface area contributed by atoms with Crippen molar-refractivity contribution in [2.45, 2.75) is 18.4 Å². The van der Waals surface area contributed by atoms with Crippen molar-refractivity contribution in [1.82, 2.24) is 20.6 Å². The second kappa shape index (κ2) is 11.2. The topological polar surface area (TPSA) is 232 Å². The summed E-state index contributed by atoms with van der Waals surface area (Å²) in [5.41, 5.74) is -0.637. The van der Waals surface area contributed by atoms with E-state index in [2.05, 4.69) is 20.6 Å². The Labute approximate surface area is 224 Å². The second-order valence-corrected chi connectivity index (χ2v) is 10.1. The quantitative estimate of drug-likeness (QED) is 0.158. The molecule has 0 bridgehead atoms. The van der Waals surface area contributed by atoms with Gasteiger partial charge in [0.1, 0.15) is 29.4 Å². The molecule has 0 saturated heterocycles. The largest absolute Gasteiger partial charge is 0.547 e. The predicted molar refractivity (Wildman–Crippen MR) is 133 cm³/mol. The molecule has 2 amide bonds. The Morgan fingerprint density at radius 2 is 1.98 bits per heavy atom. The number of aromatic nitrogens is 2. The normalized spacial score (nSPS) is 15.2. The van der Waals surface area contributed by atoms with Crippen molar-refractivity contribution in [2.24, 2.45) is 0 Å². The molecule has 2 aromatic carbocycles. The molecule has 4 rings (SSSR count). The summed E-state index contributed by atoms with van der Waals surface area (Å²) in [5, 5.41) is 32.7. The van der Waals surface area contributed by atoms with Crippen molar-refractivity contribution in [3.63, 3.8) is 0 Å². The molecular weight excluding hydrogens is 551 g/mol. The summed E-state index contributed by atoms with van der Waals surface area (Å²) in [6.45, 7) is 0. The number of halogens is 1. The van der Waals surface area contributed by atoms with Gasteiger partial charge in [-0.2, -0.15) is 5.26 Å². The third kappa shape index (κ3) is 5.98. The van der Waals surface area contributed by atoms with Gasteiger partial charge in [-0.25, -0.2) is 14.2 Å². The molecule has 1 aliphatic rings. The van der Waals surface area contributed by atoms with Gasteiger partial charge >= 0.3 is 20.7 Å². The minimum Gasteiger partial charge on any atom is -0.534 e. The number of amides is 2. The molecule has 0 saturated carbocycles. The summed E-state index contributed by atoms with van der Waals surface area (Å²) in [6, 6.07) is 6.69. The van der Waals surface area contributed by atoms with E-state index in [1.807, 2.05) is 0 Å². The van der Waals surface area contributed by atoms with E-state index < -0.39 is 55.6 Å². The summed E-state index contributed by atoms with van der Waals surface area (Å²) < 4.78 is 31.5. The summed E-state index contributed by atoms with van der Waals surface area (Å²) in [7, 11) is -6.70. The van der Waals surface area contributed by atoms with Gasteiger partial charge in [-0.1, -0.05) is 18.2 Å². The third-order valence-electron chi connectivity index (χ3n) is 5.82. The van der Waals surface area contributed by atoms with Crippen molar-refractivity contribution in [3.8, 4) is 11.8 Å². The lowest BCUT2D eigenvalue weighted by molar-refractivity contribution is -0.123. The van der Waals surface area contributed by atoms with E-state index in [0.717, 1.165) is 24.5 Å². The van der Waals surface area contributed by atoms with Crippen LogP contribution < -0.4 is 20.6 Å². The number of rotatable bonds is 7. The van der Waals surface area contributed by atoms with E-state index in [4.69, 9.17) is 9.92 Å². The number of aromatic carboxylic acids is 1. The SMILES string of the molecule is N#Cc1cncc(C(=O)N[C@@H](C(=O)N[C@H]2Cc3cccc(C(=O)O)c3OB2O)c2ccc(P(=O)(O)O)c(F)c2)n1. The Morgan fingerprint density at radius 1 is 1.23 bits per heavy atom. The first-order valence-corrected chi connectivity index (χ1v) is 12.9. The van der Waals surface area contributed by atoms with Crippen LogP contribution in [0.4, 0.5) is 4.39 Å². The van der Waals surface area contributed by atoms with Crippen molar-refractivity contribution >= 4 is 37.8 Å². The molecule has 2 heterocycles. The molecule has 0 fully saturated rings. The number of nitrogens with one attached hydrogen (secondary N) is 2. The van der Waals surface area contributed by atoms with Crippen LogP contribution in [0.25, 0.3) is 0 Å². The highest BCUT2D eigenvalue weighted by molar-refractivity contribution is 7.60. The summed E-state index contributed by atoms with van der Waals surface area (Å²) >= 11 is 0. The molecule has 1 aliphatic heterocycles. The summed E-state index contributed by atoms with van der Waals surface area (Å²) in [5.74, 6) is -5.86. The third-order valence-corrected chi connectivity index (χ3v) is 6.81. The number of hydrogen-bond acceptors (Lipinski definition) is 9. The number of hydrogen-bond donors (Lipinski definition) is 6. The highest BCUT2D eigenvalue weighted by Crippen LogP contribution is 2.35. The van der Waals surface area contributed by atoms with Crippen LogP contribution in [0, 0.1) is 17.1 Å². The van der Waals surface area contributed by atoms with Crippen molar-refractivity contribution in [1.29, 1.82) is 5.26 Å². The Balaban J connectivity index is 1.65. The monoisotopic (exact) mass is 569 g/mol. The zero-order chi connectivity index (χ0) is 29.2. The lowest BCUT2D eigenvalue weighted by atomic mass is 9.72. The summed E-state index contributed by atoms with van der Waals surface area (Å²) in [6.07, 6.45) is 2.03. The van der Waals surface area contributed by atoms with Crippen LogP contribution in [-0.4, -0.2) is 60.7 Å². The number of para-hydroxylation sites is 1. The Kier molecular flexibility index (Phi) is 7.94. The van der Waals surface area contributed by atoms with Gasteiger partial charge in [0.25, 0.3) is 5.91 Å². The van der Waals surface area contributed by atoms with Crippen LogP contribution in [0.1, 0.15) is 43.7 Å². The van der Waals surface area contributed by atoms with Crippen LogP contribution in [0.15, 0.2) is 48.8 Å². The van der Waals surface area contributed by atoms with Gasteiger partial charge in [-0.15, -0.1) is 0 Å². The average molecular weight is 569 g/mol. The highest BCUT2D eigenvalue weighted by Gasteiger charge is 2.39. The lowest BCUT2D eigenvalue weighted by Crippen LogP contribution is -2.55. The maximum absolute atomic E-state index is 14.6. The second-order valence-electron chi connectivity index (χ2n) is 8.49. The fraction of sp³-hybridized carbons (Fsp3) is 0.130. The number of carbonyl (C=O) groups excluding carboxylic acids is 2. The number of carboxylic acids is 1. The van der Waals surface area contributed by atoms with Gasteiger partial charge in [0.05, 0.1) is 29.2 Å². The lowest BCUT2D eigenvalue weighted by Gasteiger charge is -2.30.